The summed E-state index contributed by atoms with van der Waals surface area (Å²) in [6.07, 6.45) is -9.50. The largest absolute Gasteiger partial charge is 0.416 e. The highest BCUT2D eigenvalue weighted by molar-refractivity contribution is 7.89. The van der Waals surface area contributed by atoms with Gasteiger partial charge >= 0.3 is 18.4 Å². The molecule has 1 aromatic carbocycles. The first-order valence-electron chi connectivity index (χ1n) is 8.64. The second-order valence-electron chi connectivity index (χ2n) is 6.83. The van der Waals surface area contributed by atoms with Crippen LogP contribution in [0.4, 0.5) is 31.1 Å². The van der Waals surface area contributed by atoms with E-state index in [2.05, 4.69) is 5.32 Å². The Morgan fingerprint density at radius 1 is 0.966 bits per heavy atom. The molecule has 0 aliphatic carbocycles. The summed E-state index contributed by atoms with van der Waals surface area (Å²) in [7, 11) is -4.63. The van der Waals surface area contributed by atoms with Gasteiger partial charge in [0.15, 0.2) is 0 Å². The van der Waals surface area contributed by atoms with Crippen molar-refractivity contribution in [1.29, 1.82) is 0 Å². The number of hydrogen-bond donors (Lipinski definition) is 1. The standard InChI is InChI=1S/C16H17F6N3O3S/c17-15(18,19)10-6-11(16(20,21)22)8-13(7-10)29(27,28)24-4-1-2-12(9-24)25-5-3-23-14(25)26/h6-8,12H,1-5,9H2,(H,23,26)/t12-/m1/s1. The molecule has 162 valence electrons. The lowest BCUT2D eigenvalue weighted by Crippen LogP contribution is -2.50. The minimum absolute atomic E-state index is 0.0636. The van der Waals surface area contributed by atoms with Gasteiger partial charge in [-0.2, -0.15) is 30.6 Å². The predicted octanol–water partition coefficient (Wildman–Crippen LogP) is 2.90. The zero-order chi connectivity index (χ0) is 21.6. The summed E-state index contributed by atoms with van der Waals surface area (Å²) in [5.41, 5.74) is -3.39. The third-order valence-electron chi connectivity index (χ3n) is 4.89. The highest BCUT2D eigenvalue weighted by atomic mass is 32.2. The summed E-state index contributed by atoms with van der Waals surface area (Å²) in [4.78, 5) is 12.2. The first-order valence-corrected chi connectivity index (χ1v) is 10.1. The summed E-state index contributed by atoms with van der Waals surface area (Å²) in [5.74, 6) is 0. The number of amides is 2. The maximum Gasteiger partial charge on any atom is 0.416 e. The number of carbonyl (C=O) groups is 1. The van der Waals surface area contributed by atoms with Crippen molar-refractivity contribution in [2.45, 2.75) is 36.1 Å². The van der Waals surface area contributed by atoms with E-state index in [4.69, 9.17) is 0 Å². The molecule has 0 saturated carbocycles. The Hall–Kier alpha value is -2.02. The molecular weight excluding hydrogens is 428 g/mol. The van der Waals surface area contributed by atoms with E-state index in [1.54, 1.807) is 0 Å². The first-order chi connectivity index (χ1) is 13.3. The number of rotatable bonds is 3. The molecule has 2 heterocycles. The van der Waals surface area contributed by atoms with Gasteiger partial charge in [-0.15, -0.1) is 0 Å². The van der Waals surface area contributed by atoms with Crippen LogP contribution in [-0.4, -0.2) is 55.9 Å². The normalized spacial score (nSPS) is 22.1. The maximum absolute atomic E-state index is 13.0. The van der Waals surface area contributed by atoms with Crippen LogP contribution in [0.1, 0.15) is 24.0 Å². The van der Waals surface area contributed by atoms with Crippen molar-refractivity contribution >= 4 is 16.1 Å². The minimum atomic E-state index is -5.15. The van der Waals surface area contributed by atoms with Crippen LogP contribution in [0, 0.1) is 0 Å². The van der Waals surface area contributed by atoms with E-state index in [9.17, 15) is 39.6 Å². The summed E-state index contributed by atoms with van der Waals surface area (Å²) in [6, 6.07) is -0.596. The number of benzene rings is 1. The second-order valence-corrected chi connectivity index (χ2v) is 8.76. The van der Waals surface area contributed by atoms with Gasteiger partial charge in [-0.05, 0) is 31.0 Å². The molecule has 3 rings (SSSR count). The molecule has 0 spiro atoms. The number of urea groups is 1. The fourth-order valence-electron chi connectivity index (χ4n) is 3.45. The number of halogens is 6. The summed E-state index contributed by atoms with van der Waals surface area (Å²) < 4.78 is 105. The van der Waals surface area contributed by atoms with Crippen LogP contribution in [0.25, 0.3) is 0 Å². The van der Waals surface area contributed by atoms with Gasteiger partial charge in [0.25, 0.3) is 0 Å². The molecule has 0 aromatic heterocycles. The lowest BCUT2D eigenvalue weighted by molar-refractivity contribution is -0.143. The number of nitrogens with one attached hydrogen (secondary N) is 1. The Bertz CT molecular complexity index is 868. The Balaban J connectivity index is 1.96. The molecule has 1 atom stereocenters. The van der Waals surface area contributed by atoms with Crippen LogP contribution in [-0.2, 0) is 22.4 Å². The fourth-order valence-corrected chi connectivity index (χ4v) is 5.04. The molecule has 1 N–H and O–H groups in total. The summed E-state index contributed by atoms with van der Waals surface area (Å²) in [6.45, 7) is 0.461. The minimum Gasteiger partial charge on any atom is -0.336 e. The Morgan fingerprint density at radius 3 is 2.03 bits per heavy atom. The maximum atomic E-state index is 13.0. The van der Waals surface area contributed by atoms with Gasteiger partial charge in [0.1, 0.15) is 0 Å². The third-order valence-corrected chi connectivity index (χ3v) is 6.73. The lowest BCUT2D eigenvalue weighted by Gasteiger charge is -2.36. The van der Waals surface area contributed by atoms with Gasteiger partial charge in [0.05, 0.1) is 16.0 Å². The molecule has 2 fully saturated rings. The van der Waals surface area contributed by atoms with Crippen molar-refractivity contribution < 1.29 is 39.6 Å². The van der Waals surface area contributed by atoms with Crippen LogP contribution in [0.5, 0.6) is 0 Å². The van der Waals surface area contributed by atoms with Gasteiger partial charge in [-0.3, -0.25) is 0 Å². The fraction of sp³-hybridized carbons (Fsp3) is 0.562. The van der Waals surface area contributed by atoms with Crippen molar-refractivity contribution in [3.8, 4) is 0 Å². The van der Waals surface area contributed by atoms with Gasteiger partial charge in [-0.1, -0.05) is 0 Å². The van der Waals surface area contributed by atoms with Crippen molar-refractivity contribution in [1.82, 2.24) is 14.5 Å². The van der Waals surface area contributed by atoms with E-state index in [0.29, 0.717) is 25.9 Å². The van der Waals surface area contributed by atoms with Crippen molar-refractivity contribution in [3.05, 3.63) is 29.3 Å². The van der Waals surface area contributed by atoms with Gasteiger partial charge < -0.3 is 10.2 Å². The third kappa shape index (κ3) is 4.44. The lowest BCUT2D eigenvalue weighted by atomic mass is 10.1. The summed E-state index contributed by atoms with van der Waals surface area (Å²) >= 11 is 0. The van der Waals surface area contributed by atoms with E-state index < -0.39 is 44.4 Å². The molecule has 6 nitrogen and oxygen atoms in total. The molecule has 1 aromatic rings. The van der Waals surface area contributed by atoms with Crippen LogP contribution in [0.2, 0.25) is 0 Å². The second kappa shape index (κ2) is 7.35. The molecule has 0 unspecified atom stereocenters. The van der Waals surface area contributed by atoms with E-state index in [0.717, 1.165) is 4.31 Å². The van der Waals surface area contributed by atoms with Gasteiger partial charge in [0, 0.05) is 32.2 Å². The van der Waals surface area contributed by atoms with E-state index in [1.165, 1.54) is 4.90 Å². The molecule has 2 amide bonds. The zero-order valence-corrected chi connectivity index (χ0v) is 15.7. The zero-order valence-electron chi connectivity index (χ0n) is 14.8. The number of nitrogens with zero attached hydrogens (tertiary/aromatic N) is 2. The molecule has 0 radical (unpaired) electrons. The van der Waals surface area contributed by atoms with Crippen LogP contribution in [0.3, 0.4) is 0 Å². The summed E-state index contributed by atoms with van der Waals surface area (Å²) in [5, 5.41) is 2.57. The molecule has 29 heavy (non-hydrogen) atoms. The number of carbonyl (C=O) groups excluding carboxylic acids is 1. The monoisotopic (exact) mass is 445 g/mol. The van der Waals surface area contributed by atoms with Crippen LogP contribution < -0.4 is 5.32 Å². The highest BCUT2D eigenvalue weighted by Crippen LogP contribution is 2.38. The number of piperidine rings is 1. The smallest absolute Gasteiger partial charge is 0.336 e. The number of alkyl halides is 6. The average molecular weight is 445 g/mol. The average Bonchev–Trinajstić information content (AvgIpc) is 3.06. The highest BCUT2D eigenvalue weighted by Gasteiger charge is 2.41. The van der Waals surface area contributed by atoms with Crippen molar-refractivity contribution in [2.75, 3.05) is 26.2 Å². The van der Waals surface area contributed by atoms with Crippen molar-refractivity contribution in [2.24, 2.45) is 0 Å². The van der Waals surface area contributed by atoms with E-state index >= 15 is 0 Å². The molecular formula is C16H17F6N3O3S. The van der Waals surface area contributed by atoms with Crippen LogP contribution in [0.15, 0.2) is 23.1 Å². The van der Waals surface area contributed by atoms with Crippen molar-refractivity contribution in [3.63, 3.8) is 0 Å². The van der Waals surface area contributed by atoms with E-state index in [1.807, 2.05) is 0 Å². The SMILES string of the molecule is O=C1NCCN1[C@@H]1CCCN(S(=O)(=O)c2cc(C(F)(F)F)cc(C(F)(F)F)c2)C1. The molecule has 13 heteroatoms. The molecule has 2 saturated heterocycles. The predicted molar refractivity (Wildman–Crippen MR) is 88.3 cm³/mol. The van der Waals surface area contributed by atoms with E-state index in [-0.39, 0.29) is 37.3 Å². The molecule has 2 aliphatic heterocycles. The quantitative estimate of drug-likeness (QED) is 0.728. The number of hydrogen-bond acceptors (Lipinski definition) is 3. The number of sulfonamides is 1. The van der Waals surface area contributed by atoms with Gasteiger partial charge in [0.2, 0.25) is 10.0 Å². The topological polar surface area (TPSA) is 69.7 Å². The Morgan fingerprint density at radius 2 is 1.55 bits per heavy atom. The van der Waals surface area contributed by atoms with Crippen LogP contribution >= 0.6 is 0 Å². The van der Waals surface area contributed by atoms with Gasteiger partial charge in [-0.25, -0.2) is 13.2 Å². The molecule has 2 aliphatic rings. The first kappa shape index (κ1) is 21.7. The molecule has 0 bridgehead atoms. The Labute approximate surface area is 162 Å². The Kier molecular flexibility index (Phi) is 5.49.